The number of aryl methyl sites for hydroxylation is 2. The molecule has 0 spiro atoms. The van der Waals surface area contributed by atoms with Crippen LogP contribution in [0.25, 0.3) is 20.4 Å². The molecule has 2 N–H and O–H groups in total. The molecule has 8 heteroatoms. The van der Waals surface area contributed by atoms with Crippen LogP contribution in [0.1, 0.15) is 24.0 Å². The summed E-state index contributed by atoms with van der Waals surface area (Å²) in [6.07, 6.45) is 2.44. The molecule has 0 saturated carbocycles. The predicted molar refractivity (Wildman–Crippen MR) is 166 cm³/mol. The fourth-order valence-corrected chi connectivity index (χ4v) is 5.78. The smallest absolute Gasteiger partial charge is 0.226 e. The van der Waals surface area contributed by atoms with Crippen LogP contribution in [0.5, 0.6) is 0 Å². The molecule has 0 atom stereocenters. The Morgan fingerprint density at radius 1 is 0.525 bits per heavy atom. The van der Waals surface area contributed by atoms with Gasteiger partial charge in [0.15, 0.2) is 10.3 Å². The maximum Gasteiger partial charge on any atom is 0.226 e. The number of nitrogens with zero attached hydrogens (tertiary/aromatic N) is 2. The van der Waals surface area contributed by atoms with Crippen molar-refractivity contribution in [3.8, 4) is 0 Å². The van der Waals surface area contributed by atoms with Gasteiger partial charge in [0.1, 0.15) is 0 Å². The zero-order valence-electron chi connectivity index (χ0n) is 21.7. The molecule has 2 amide bonds. The normalized spacial score (nSPS) is 10.6. The molecular weight excluding hydrogens is 537 g/mol. The third-order valence-corrected chi connectivity index (χ3v) is 7.95. The third-order valence-electron chi connectivity index (χ3n) is 6.05. The van der Waals surface area contributed by atoms with Crippen molar-refractivity contribution < 1.29 is 9.59 Å². The second kappa shape index (κ2) is 13.6. The molecule has 2 heterocycles. The molecule has 6 rings (SSSR count). The van der Waals surface area contributed by atoms with E-state index in [-0.39, 0.29) is 11.8 Å². The molecule has 4 aromatic carbocycles. The quantitative estimate of drug-likeness (QED) is 0.198. The number of amides is 2. The highest BCUT2D eigenvalue weighted by Crippen LogP contribution is 2.26. The van der Waals surface area contributed by atoms with Crippen LogP contribution in [0.2, 0.25) is 0 Å². The number of aromatic nitrogens is 2. The van der Waals surface area contributed by atoms with Gasteiger partial charge in [0.05, 0.1) is 20.4 Å². The van der Waals surface area contributed by atoms with Crippen molar-refractivity contribution in [2.24, 2.45) is 0 Å². The van der Waals surface area contributed by atoms with E-state index in [2.05, 4.69) is 20.6 Å². The maximum atomic E-state index is 11.9. The van der Waals surface area contributed by atoms with E-state index in [4.69, 9.17) is 0 Å². The average Bonchev–Trinajstić information content (AvgIpc) is 3.59. The molecule has 6 aromatic rings. The fraction of sp³-hybridized carbons (Fsp3) is 0.125. The number of hydrogen-bond acceptors (Lipinski definition) is 6. The summed E-state index contributed by atoms with van der Waals surface area (Å²) >= 11 is 3.01. The number of rotatable bonds is 8. The number of carbonyl (C=O) groups excluding carboxylic acids is 2. The van der Waals surface area contributed by atoms with E-state index in [0.29, 0.717) is 23.1 Å². The van der Waals surface area contributed by atoms with Gasteiger partial charge in [-0.3, -0.25) is 9.59 Å². The van der Waals surface area contributed by atoms with Crippen molar-refractivity contribution >= 4 is 65.2 Å². The minimum Gasteiger partial charge on any atom is -0.302 e. The highest BCUT2D eigenvalue weighted by atomic mass is 32.1. The van der Waals surface area contributed by atoms with E-state index >= 15 is 0 Å². The molecule has 0 aliphatic rings. The molecule has 0 saturated heterocycles. The van der Waals surface area contributed by atoms with E-state index in [1.807, 2.05) is 109 Å². The lowest BCUT2D eigenvalue weighted by atomic mass is 10.1. The van der Waals surface area contributed by atoms with Gasteiger partial charge in [-0.2, -0.15) is 0 Å². The van der Waals surface area contributed by atoms with Crippen LogP contribution in [0.3, 0.4) is 0 Å². The molecule has 6 nitrogen and oxygen atoms in total. The van der Waals surface area contributed by atoms with Gasteiger partial charge in [0.2, 0.25) is 11.8 Å². The topological polar surface area (TPSA) is 84.0 Å². The first-order valence-electron chi connectivity index (χ1n) is 13.0. The fourth-order valence-electron chi connectivity index (χ4n) is 4.02. The van der Waals surface area contributed by atoms with Gasteiger partial charge in [-0.25, -0.2) is 9.97 Å². The van der Waals surface area contributed by atoms with Crippen LogP contribution in [-0.2, 0) is 22.4 Å². The van der Waals surface area contributed by atoms with Crippen LogP contribution in [0.4, 0.5) is 10.3 Å². The van der Waals surface area contributed by atoms with E-state index < -0.39 is 0 Å². The molecule has 0 unspecified atom stereocenters. The number of benzene rings is 4. The minimum absolute atomic E-state index is 0.00732. The molecule has 40 heavy (non-hydrogen) atoms. The predicted octanol–water partition coefficient (Wildman–Crippen LogP) is 7.74. The summed E-state index contributed by atoms with van der Waals surface area (Å²) in [5.74, 6) is 0.0146. The van der Waals surface area contributed by atoms with Gasteiger partial charge in [-0.05, 0) is 48.2 Å². The lowest BCUT2D eigenvalue weighted by Crippen LogP contribution is -2.11. The van der Waals surface area contributed by atoms with Crippen molar-refractivity contribution in [2.75, 3.05) is 10.6 Å². The molecule has 0 bridgehead atoms. The van der Waals surface area contributed by atoms with Gasteiger partial charge >= 0.3 is 0 Å². The summed E-state index contributed by atoms with van der Waals surface area (Å²) in [6, 6.07) is 35.8. The summed E-state index contributed by atoms with van der Waals surface area (Å²) in [4.78, 5) is 32.6. The molecule has 0 fully saturated rings. The second-order valence-corrected chi connectivity index (χ2v) is 11.1. The Bertz CT molecular complexity index is 1500. The molecular formula is C32H28N4O2S2. The summed E-state index contributed by atoms with van der Waals surface area (Å²) in [7, 11) is 0. The summed E-state index contributed by atoms with van der Waals surface area (Å²) in [5, 5.41) is 7.08. The molecule has 0 radical (unpaired) electrons. The van der Waals surface area contributed by atoms with E-state index in [0.717, 1.165) is 33.3 Å². The van der Waals surface area contributed by atoms with Gasteiger partial charge in [0.25, 0.3) is 0 Å². The number of hydrogen-bond donors (Lipinski definition) is 2. The largest absolute Gasteiger partial charge is 0.302 e. The number of anilines is 2. The SMILES string of the molecule is O=C(CCc1ccccc1)Nc1nc2ccccc2s1.O=C(CCc1ccccc1)Nc1nc2ccccc2s1. The van der Waals surface area contributed by atoms with Crippen LogP contribution in [-0.4, -0.2) is 21.8 Å². The lowest BCUT2D eigenvalue weighted by molar-refractivity contribution is -0.117. The van der Waals surface area contributed by atoms with Crippen molar-refractivity contribution in [1.82, 2.24) is 9.97 Å². The summed E-state index contributed by atoms with van der Waals surface area (Å²) < 4.78 is 2.18. The number of carbonyl (C=O) groups is 2. The van der Waals surface area contributed by atoms with Crippen molar-refractivity contribution in [2.45, 2.75) is 25.7 Å². The Morgan fingerprint density at radius 2 is 0.900 bits per heavy atom. The third kappa shape index (κ3) is 7.81. The van der Waals surface area contributed by atoms with Crippen molar-refractivity contribution in [1.29, 1.82) is 0 Å². The van der Waals surface area contributed by atoms with Crippen LogP contribution in [0, 0.1) is 0 Å². The lowest BCUT2D eigenvalue weighted by Gasteiger charge is -2.01. The first-order chi connectivity index (χ1) is 19.6. The van der Waals surface area contributed by atoms with E-state index in [1.54, 1.807) is 0 Å². The maximum absolute atomic E-state index is 11.9. The highest BCUT2D eigenvalue weighted by Gasteiger charge is 2.09. The Hall–Kier alpha value is -4.40. The summed E-state index contributed by atoms with van der Waals surface area (Å²) in [5.41, 5.74) is 4.20. The Kier molecular flexibility index (Phi) is 9.24. The van der Waals surface area contributed by atoms with Crippen LogP contribution < -0.4 is 10.6 Å². The number of thiazole rings is 2. The zero-order valence-corrected chi connectivity index (χ0v) is 23.4. The molecule has 0 aliphatic carbocycles. The monoisotopic (exact) mass is 564 g/mol. The minimum atomic E-state index is 0.00732. The van der Waals surface area contributed by atoms with Gasteiger partial charge in [-0.1, -0.05) is 108 Å². The first-order valence-corrected chi connectivity index (χ1v) is 14.6. The van der Waals surface area contributed by atoms with Gasteiger partial charge in [0, 0.05) is 12.8 Å². The number of nitrogens with one attached hydrogen (secondary N) is 2. The van der Waals surface area contributed by atoms with Gasteiger partial charge < -0.3 is 10.6 Å². The second-order valence-electron chi connectivity index (χ2n) is 9.04. The molecule has 0 aliphatic heterocycles. The highest BCUT2D eigenvalue weighted by molar-refractivity contribution is 7.22. The van der Waals surface area contributed by atoms with Gasteiger partial charge in [-0.15, -0.1) is 0 Å². The standard InChI is InChI=1S/2C16H14N2OS/c2*19-15(11-10-12-6-2-1-3-7-12)18-16-17-13-8-4-5-9-14(13)20-16/h2*1-9H,10-11H2,(H,17,18,19). The Morgan fingerprint density at radius 3 is 1.30 bits per heavy atom. The van der Waals surface area contributed by atoms with Crippen LogP contribution >= 0.6 is 22.7 Å². The molecule has 2 aromatic heterocycles. The first kappa shape index (κ1) is 27.2. The zero-order chi connectivity index (χ0) is 27.6. The Labute approximate surface area is 240 Å². The van der Waals surface area contributed by atoms with Crippen LogP contribution in [0.15, 0.2) is 109 Å². The Balaban J connectivity index is 0.000000161. The number of para-hydroxylation sites is 2. The molecule has 200 valence electrons. The van der Waals surface area contributed by atoms with Crippen molar-refractivity contribution in [3.63, 3.8) is 0 Å². The number of fused-ring (bicyclic) bond motifs is 2. The average molecular weight is 565 g/mol. The van der Waals surface area contributed by atoms with E-state index in [9.17, 15) is 9.59 Å². The summed E-state index contributed by atoms with van der Waals surface area (Å²) in [6.45, 7) is 0. The van der Waals surface area contributed by atoms with E-state index in [1.165, 1.54) is 33.8 Å². The van der Waals surface area contributed by atoms with Crippen molar-refractivity contribution in [3.05, 3.63) is 120 Å².